The van der Waals surface area contributed by atoms with Crippen molar-refractivity contribution in [3.8, 4) is 0 Å². The topological polar surface area (TPSA) is 91.8 Å². The minimum atomic E-state index is -4.02. The van der Waals surface area contributed by atoms with Crippen LogP contribution in [0.2, 0.25) is 0 Å². The number of para-hydroxylation sites is 1. The van der Waals surface area contributed by atoms with E-state index in [2.05, 4.69) is 11.0 Å². The van der Waals surface area contributed by atoms with E-state index >= 15 is 0 Å². The van der Waals surface area contributed by atoms with E-state index in [9.17, 15) is 21.6 Å². The molecule has 0 saturated carbocycles. The number of carbonyl (C=O) groups is 1. The minimum absolute atomic E-state index is 0.0437. The summed E-state index contributed by atoms with van der Waals surface area (Å²) in [5.41, 5.74) is 2.53. The van der Waals surface area contributed by atoms with Gasteiger partial charge in [-0.3, -0.25) is 4.79 Å². The first-order chi connectivity index (χ1) is 16.7. The van der Waals surface area contributed by atoms with Gasteiger partial charge in [-0.2, -0.15) is 0 Å². The second-order valence-electron chi connectivity index (χ2n) is 8.91. The van der Waals surface area contributed by atoms with Crippen molar-refractivity contribution in [1.82, 2.24) is 4.90 Å². The molecule has 2 aliphatic rings. The minimum Gasteiger partial charge on any atom is -0.368 e. The van der Waals surface area contributed by atoms with Crippen molar-refractivity contribution >= 4 is 31.3 Å². The van der Waals surface area contributed by atoms with Crippen molar-refractivity contribution in [2.75, 3.05) is 36.8 Å². The molecular weight excluding hydrogens is 484 g/mol. The van der Waals surface area contributed by atoms with Crippen LogP contribution in [0.3, 0.4) is 0 Å². The summed E-state index contributed by atoms with van der Waals surface area (Å²) in [6.07, 6.45) is 0. The summed E-state index contributed by atoms with van der Waals surface area (Å²) in [5, 5.41) is -1.32. The van der Waals surface area contributed by atoms with Crippen molar-refractivity contribution in [2.24, 2.45) is 0 Å². The molecule has 3 aromatic rings. The zero-order chi connectivity index (χ0) is 24.8. The molecule has 1 unspecified atom stereocenters. The standard InChI is InChI=1S/C26H26N2O5S2/c1-19-8-5-6-12-22(19)27-14-16-28(17-15-27)26(29)21-11-7-13-23-25(21)24(18-34(23,30)31)35(32,33)20-9-3-2-4-10-20/h2-13,24H,14-18H2,1H3. The number of carbonyl (C=O) groups excluding carboxylic acids is 1. The third-order valence-electron chi connectivity index (χ3n) is 6.79. The van der Waals surface area contributed by atoms with Crippen molar-refractivity contribution in [3.63, 3.8) is 0 Å². The second kappa shape index (κ2) is 8.80. The maximum Gasteiger partial charge on any atom is 0.254 e. The van der Waals surface area contributed by atoms with Gasteiger partial charge in [0.1, 0.15) is 5.25 Å². The zero-order valence-corrected chi connectivity index (χ0v) is 20.9. The predicted molar refractivity (Wildman–Crippen MR) is 134 cm³/mol. The number of amides is 1. The molecule has 0 radical (unpaired) electrons. The van der Waals surface area contributed by atoms with E-state index in [1.807, 2.05) is 25.1 Å². The molecule has 2 aliphatic heterocycles. The Kier molecular flexibility index (Phi) is 5.93. The van der Waals surface area contributed by atoms with Gasteiger partial charge in [0.2, 0.25) is 0 Å². The molecule has 1 fully saturated rings. The van der Waals surface area contributed by atoms with Gasteiger partial charge in [0.15, 0.2) is 19.7 Å². The highest BCUT2D eigenvalue weighted by Gasteiger charge is 2.45. The average molecular weight is 511 g/mol. The Hall–Kier alpha value is -3.17. The molecule has 3 aromatic carbocycles. The maximum atomic E-state index is 13.6. The molecule has 0 N–H and O–H groups in total. The molecule has 0 spiro atoms. The van der Waals surface area contributed by atoms with Gasteiger partial charge in [0.05, 0.1) is 15.5 Å². The van der Waals surface area contributed by atoms with Gasteiger partial charge in [-0.1, -0.05) is 42.5 Å². The van der Waals surface area contributed by atoms with E-state index < -0.39 is 30.7 Å². The number of sulfone groups is 2. The lowest BCUT2D eigenvalue weighted by Gasteiger charge is -2.37. The molecule has 5 rings (SSSR count). The van der Waals surface area contributed by atoms with Gasteiger partial charge in [0, 0.05) is 43.0 Å². The average Bonchev–Trinajstić information content (AvgIpc) is 3.16. The number of fused-ring (bicyclic) bond motifs is 1. The van der Waals surface area contributed by atoms with Crippen LogP contribution >= 0.6 is 0 Å². The highest BCUT2D eigenvalue weighted by Crippen LogP contribution is 2.43. The van der Waals surface area contributed by atoms with Crippen LogP contribution in [0.25, 0.3) is 0 Å². The molecule has 1 atom stereocenters. The number of hydrogen-bond donors (Lipinski definition) is 0. The monoisotopic (exact) mass is 510 g/mol. The number of nitrogens with zero attached hydrogens (tertiary/aromatic N) is 2. The summed E-state index contributed by atoms with van der Waals surface area (Å²) in [5.74, 6) is -0.901. The Morgan fingerprint density at radius 3 is 2.20 bits per heavy atom. The van der Waals surface area contributed by atoms with Crippen molar-refractivity contribution < 1.29 is 21.6 Å². The van der Waals surface area contributed by atoms with Crippen LogP contribution in [-0.2, 0) is 19.7 Å². The van der Waals surface area contributed by atoms with E-state index in [0.29, 0.717) is 26.2 Å². The number of anilines is 1. The van der Waals surface area contributed by atoms with Gasteiger partial charge in [-0.25, -0.2) is 16.8 Å². The fourth-order valence-electron chi connectivity index (χ4n) is 4.96. The lowest BCUT2D eigenvalue weighted by Crippen LogP contribution is -2.49. The van der Waals surface area contributed by atoms with Crippen LogP contribution in [0.1, 0.15) is 26.7 Å². The number of hydrogen-bond acceptors (Lipinski definition) is 6. The summed E-state index contributed by atoms with van der Waals surface area (Å²) in [6.45, 7) is 4.23. The molecular formula is C26H26N2O5S2. The fourth-order valence-corrected chi connectivity index (χ4v) is 9.34. The van der Waals surface area contributed by atoms with Crippen LogP contribution in [0, 0.1) is 6.92 Å². The van der Waals surface area contributed by atoms with E-state index in [4.69, 9.17) is 0 Å². The molecule has 9 heteroatoms. The van der Waals surface area contributed by atoms with Crippen molar-refractivity contribution in [2.45, 2.75) is 22.0 Å². The van der Waals surface area contributed by atoms with Gasteiger partial charge in [-0.15, -0.1) is 0 Å². The third kappa shape index (κ3) is 4.12. The Labute approximate surface area is 205 Å². The molecule has 1 amide bonds. The smallest absolute Gasteiger partial charge is 0.254 e. The number of piperazine rings is 1. The number of aryl methyl sites for hydroxylation is 1. The first-order valence-electron chi connectivity index (χ1n) is 11.4. The molecule has 182 valence electrons. The molecule has 1 saturated heterocycles. The first-order valence-corrected chi connectivity index (χ1v) is 14.6. The molecule has 35 heavy (non-hydrogen) atoms. The highest BCUT2D eigenvalue weighted by molar-refractivity contribution is 7.96. The Bertz CT molecular complexity index is 1490. The molecule has 0 bridgehead atoms. The van der Waals surface area contributed by atoms with E-state index in [-0.39, 0.29) is 26.8 Å². The second-order valence-corrected chi connectivity index (χ2v) is 13.0. The third-order valence-corrected chi connectivity index (χ3v) is 10.9. The van der Waals surface area contributed by atoms with Crippen LogP contribution in [0.5, 0.6) is 0 Å². The van der Waals surface area contributed by atoms with Crippen LogP contribution in [0.15, 0.2) is 82.6 Å². The number of rotatable bonds is 4. The van der Waals surface area contributed by atoms with Gasteiger partial charge < -0.3 is 9.80 Å². The summed E-state index contributed by atoms with van der Waals surface area (Å²) >= 11 is 0. The van der Waals surface area contributed by atoms with Gasteiger partial charge in [0.25, 0.3) is 5.91 Å². The Morgan fingerprint density at radius 2 is 1.51 bits per heavy atom. The van der Waals surface area contributed by atoms with Crippen molar-refractivity contribution in [1.29, 1.82) is 0 Å². The lowest BCUT2D eigenvalue weighted by molar-refractivity contribution is 0.0745. The summed E-state index contributed by atoms with van der Waals surface area (Å²) in [4.78, 5) is 17.5. The predicted octanol–water partition coefficient (Wildman–Crippen LogP) is 3.26. The molecule has 2 heterocycles. The highest BCUT2D eigenvalue weighted by atomic mass is 32.2. The summed E-state index contributed by atoms with van der Waals surface area (Å²) in [7, 11) is -7.86. The normalized spacial score (nSPS) is 19.4. The lowest BCUT2D eigenvalue weighted by atomic mass is 10.0. The van der Waals surface area contributed by atoms with Gasteiger partial charge >= 0.3 is 0 Å². The maximum absolute atomic E-state index is 13.6. The summed E-state index contributed by atoms with van der Waals surface area (Å²) in [6, 6.07) is 20.4. The number of benzene rings is 3. The van der Waals surface area contributed by atoms with E-state index in [1.165, 1.54) is 24.3 Å². The van der Waals surface area contributed by atoms with Crippen LogP contribution in [0.4, 0.5) is 5.69 Å². The quantitative estimate of drug-likeness (QED) is 0.535. The van der Waals surface area contributed by atoms with Crippen molar-refractivity contribution in [3.05, 3.63) is 89.5 Å². The summed E-state index contributed by atoms with van der Waals surface area (Å²) < 4.78 is 52.8. The van der Waals surface area contributed by atoms with E-state index in [1.54, 1.807) is 29.2 Å². The van der Waals surface area contributed by atoms with Crippen LogP contribution in [-0.4, -0.2) is 59.6 Å². The molecule has 0 aliphatic carbocycles. The first kappa shape index (κ1) is 23.6. The molecule has 7 nitrogen and oxygen atoms in total. The largest absolute Gasteiger partial charge is 0.368 e. The van der Waals surface area contributed by atoms with Gasteiger partial charge in [-0.05, 0) is 42.8 Å². The molecule has 0 aromatic heterocycles. The van der Waals surface area contributed by atoms with E-state index in [0.717, 1.165) is 11.3 Å². The fraction of sp³-hybridized carbons (Fsp3) is 0.269. The Morgan fingerprint density at radius 1 is 0.857 bits per heavy atom. The SMILES string of the molecule is Cc1ccccc1N1CCN(C(=O)c2cccc3c2C(S(=O)(=O)c2ccccc2)CS3(=O)=O)CC1. The zero-order valence-electron chi connectivity index (χ0n) is 19.3. The Balaban J connectivity index is 1.47. The van der Waals surface area contributed by atoms with Crippen LogP contribution < -0.4 is 4.90 Å².